The average Bonchev–Trinajstić information content (AvgIpc) is 4.09. The van der Waals surface area contributed by atoms with Gasteiger partial charge in [-0.2, -0.15) is 10.5 Å². The normalized spacial score (nSPS) is 17.3. The SMILES string of the molecule is CC(NC(=O)[C@@H]1CCCN1)C(=O)O[C@H](COC(=O)[C@H](C)NC(=O)[C@@H]1CCCN1)COc1ccc(-c2c(C#N)c(N)nc(SCc3coc(-c4ccc(Cl)cc4)n3)c2C#N)cc1. The molecule has 1 unspecified atom stereocenters. The first-order chi connectivity index (χ1) is 29.4. The van der Waals surface area contributed by atoms with E-state index in [9.17, 15) is 29.7 Å². The smallest absolute Gasteiger partial charge is 0.328 e. The van der Waals surface area contributed by atoms with Crippen molar-refractivity contribution in [1.29, 1.82) is 10.5 Å². The van der Waals surface area contributed by atoms with E-state index in [4.69, 9.17) is 36.0 Å². The number of nitrogens with zero attached hydrogens (tertiary/aromatic N) is 4. The van der Waals surface area contributed by atoms with Gasteiger partial charge < -0.3 is 45.6 Å². The van der Waals surface area contributed by atoms with Crippen molar-refractivity contribution in [2.24, 2.45) is 0 Å². The molecule has 5 atom stereocenters. The van der Waals surface area contributed by atoms with Crippen LogP contribution < -0.4 is 31.7 Å². The van der Waals surface area contributed by atoms with E-state index in [2.05, 4.69) is 43.4 Å². The minimum Gasteiger partial charge on any atom is -0.490 e. The number of nitrogens with two attached hydrogens (primary N) is 1. The van der Waals surface area contributed by atoms with Crippen LogP contribution in [0.3, 0.4) is 0 Å². The highest BCUT2D eigenvalue weighted by Crippen LogP contribution is 2.37. The van der Waals surface area contributed by atoms with E-state index in [0.29, 0.717) is 58.9 Å². The summed E-state index contributed by atoms with van der Waals surface area (Å²) in [5.41, 5.74) is 8.49. The van der Waals surface area contributed by atoms with Gasteiger partial charge in [0.05, 0.1) is 23.3 Å². The number of amides is 2. The number of halogens is 1. The third-order valence-corrected chi connectivity index (χ3v) is 11.1. The van der Waals surface area contributed by atoms with Crippen LogP contribution in [0.25, 0.3) is 22.6 Å². The van der Waals surface area contributed by atoms with Crippen molar-refractivity contribution in [2.45, 2.75) is 80.6 Å². The number of nitrogen functional groups attached to an aromatic ring is 1. The number of esters is 2. The summed E-state index contributed by atoms with van der Waals surface area (Å²) in [5.74, 6) is -1.24. The number of anilines is 1. The molecule has 4 heterocycles. The fraction of sp³-hybridized carbons (Fsp3) is 0.381. The zero-order chi connectivity index (χ0) is 43.5. The standard InChI is InChI=1S/C42H44ClN9O8S/c1-23(49-37(53)33-5-3-15-47-33)41(55)59-21-30(60-42(56)24(2)50-38(54)34-6-4-16-48-34)20-57-29-13-9-25(10-14-29)35-31(17-44)36(46)52-40(32(35)18-45)61-22-28-19-58-39(51-28)26-7-11-27(43)12-8-26/h7-14,19,23-24,30,33-34,47-48H,3-6,15-16,20-22H2,1-2H3,(H2,46,52)(H,49,53)(H,50,54)/t23-,24?,30-,33-,34-/m0/s1. The van der Waals surface area contributed by atoms with Crippen molar-refractivity contribution in [3.8, 4) is 40.5 Å². The summed E-state index contributed by atoms with van der Waals surface area (Å²) in [7, 11) is 0. The third-order valence-electron chi connectivity index (χ3n) is 9.87. The summed E-state index contributed by atoms with van der Waals surface area (Å²) in [6.07, 6.45) is 3.38. The summed E-state index contributed by atoms with van der Waals surface area (Å²) < 4.78 is 22.8. The van der Waals surface area contributed by atoms with Gasteiger partial charge in [-0.3, -0.25) is 9.59 Å². The Hall–Kier alpha value is -6.18. The number of carbonyl (C=O) groups excluding carboxylic acids is 4. The molecule has 6 rings (SSSR count). The third kappa shape index (κ3) is 11.6. The van der Waals surface area contributed by atoms with E-state index < -0.39 is 48.8 Å². The Morgan fingerprint density at radius 3 is 2.08 bits per heavy atom. The number of hydrogen-bond donors (Lipinski definition) is 5. The number of thioether (sulfide) groups is 1. The second-order valence-electron chi connectivity index (χ2n) is 14.4. The van der Waals surface area contributed by atoms with Gasteiger partial charge in [0.25, 0.3) is 0 Å². The van der Waals surface area contributed by atoms with Gasteiger partial charge in [0, 0.05) is 21.9 Å². The van der Waals surface area contributed by atoms with E-state index in [1.54, 1.807) is 48.5 Å². The summed E-state index contributed by atoms with van der Waals surface area (Å²) in [6.45, 7) is 3.70. The number of aromatic nitrogens is 2. The van der Waals surface area contributed by atoms with Gasteiger partial charge in [0.1, 0.15) is 65.9 Å². The van der Waals surface area contributed by atoms with Crippen molar-refractivity contribution >= 4 is 52.9 Å². The first-order valence-electron chi connectivity index (χ1n) is 19.6. The van der Waals surface area contributed by atoms with E-state index in [-0.39, 0.29) is 46.7 Å². The zero-order valence-electron chi connectivity index (χ0n) is 33.4. The number of nitrogens with one attached hydrogen (secondary N) is 4. The zero-order valence-corrected chi connectivity index (χ0v) is 34.9. The monoisotopic (exact) mass is 869 g/mol. The molecule has 0 saturated carbocycles. The quantitative estimate of drug-likeness (QED) is 0.0742. The minimum absolute atomic E-state index is 0.0182. The average molecular weight is 870 g/mol. The van der Waals surface area contributed by atoms with Gasteiger partial charge in [-0.25, -0.2) is 19.6 Å². The van der Waals surface area contributed by atoms with Crippen molar-refractivity contribution in [1.82, 2.24) is 31.2 Å². The van der Waals surface area contributed by atoms with Crippen LogP contribution in [0.5, 0.6) is 5.75 Å². The molecule has 61 heavy (non-hydrogen) atoms. The van der Waals surface area contributed by atoms with Crippen LogP contribution in [0.1, 0.15) is 56.4 Å². The fourth-order valence-corrected chi connectivity index (χ4v) is 7.58. The Morgan fingerprint density at radius 1 is 0.885 bits per heavy atom. The van der Waals surface area contributed by atoms with Crippen LogP contribution in [-0.4, -0.2) is 90.3 Å². The first-order valence-corrected chi connectivity index (χ1v) is 20.9. The van der Waals surface area contributed by atoms with Crippen LogP contribution in [0.15, 0.2) is 64.2 Å². The maximum Gasteiger partial charge on any atom is 0.328 e. The lowest BCUT2D eigenvalue weighted by Crippen LogP contribution is -2.49. The van der Waals surface area contributed by atoms with Gasteiger partial charge in [0.2, 0.25) is 17.7 Å². The minimum atomic E-state index is -1.12. The van der Waals surface area contributed by atoms with Gasteiger partial charge in [-0.15, -0.1) is 0 Å². The number of benzene rings is 2. The molecule has 6 N–H and O–H groups in total. The van der Waals surface area contributed by atoms with Crippen LogP contribution >= 0.6 is 23.4 Å². The maximum atomic E-state index is 13.2. The molecule has 2 saturated heterocycles. The molecule has 0 aliphatic carbocycles. The molecule has 17 nitrogen and oxygen atoms in total. The Balaban J connectivity index is 1.13. The number of pyridine rings is 1. The number of nitriles is 2. The Morgan fingerprint density at radius 2 is 1.49 bits per heavy atom. The lowest BCUT2D eigenvalue weighted by atomic mass is 9.97. The van der Waals surface area contributed by atoms with Crippen LogP contribution in [0.2, 0.25) is 5.02 Å². The van der Waals surface area contributed by atoms with Crippen molar-refractivity contribution < 1.29 is 37.8 Å². The molecule has 19 heteroatoms. The number of oxazole rings is 1. The molecule has 4 aromatic rings. The predicted molar refractivity (Wildman–Crippen MR) is 224 cm³/mol. The van der Waals surface area contributed by atoms with E-state index >= 15 is 0 Å². The Bertz CT molecular complexity index is 2300. The molecule has 0 radical (unpaired) electrons. The molecule has 318 valence electrons. The Labute approximate surface area is 361 Å². The number of rotatable bonds is 17. The van der Waals surface area contributed by atoms with E-state index in [1.807, 2.05) is 0 Å². The number of carbonyl (C=O) groups is 4. The van der Waals surface area contributed by atoms with Crippen molar-refractivity contribution in [3.05, 3.63) is 76.6 Å². The second kappa shape index (κ2) is 20.9. The first kappa shape index (κ1) is 44.4. The van der Waals surface area contributed by atoms with Gasteiger partial charge >= 0.3 is 11.9 Å². The van der Waals surface area contributed by atoms with Gasteiger partial charge in [-0.1, -0.05) is 35.5 Å². The van der Waals surface area contributed by atoms with Crippen LogP contribution in [-0.2, 0) is 34.4 Å². The molecular formula is C42H44ClN9O8S. The maximum absolute atomic E-state index is 13.2. The molecule has 0 bridgehead atoms. The lowest BCUT2D eigenvalue weighted by molar-refractivity contribution is -0.163. The van der Waals surface area contributed by atoms with Gasteiger partial charge in [0.15, 0.2) is 6.10 Å². The predicted octanol–water partition coefficient (Wildman–Crippen LogP) is 4.02. The Kier molecular flexibility index (Phi) is 15.2. The van der Waals surface area contributed by atoms with Crippen molar-refractivity contribution in [2.75, 3.05) is 32.0 Å². The largest absolute Gasteiger partial charge is 0.490 e. The highest BCUT2D eigenvalue weighted by atomic mass is 35.5. The number of hydrogen-bond acceptors (Lipinski definition) is 16. The highest BCUT2D eigenvalue weighted by molar-refractivity contribution is 7.98. The lowest BCUT2D eigenvalue weighted by Gasteiger charge is -2.23. The van der Waals surface area contributed by atoms with E-state index in [0.717, 1.165) is 18.4 Å². The number of ether oxygens (including phenoxy) is 3. The summed E-state index contributed by atoms with van der Waals surface area (Å²) >= 11 is 7.21. The molecule has 2 amide bonds. The molecule has 2 aromatic heterocycles. The fourth-order valence-electron chi connectivity index (χ4n) is 6.58. The topological polar surface area (TPSA) is 257 Å². The van der Waals surface area contributed by atoms with Crippen LogP contribution in [0, 0.1) is 22.7 Å². The molecular weight excluding hydrogens is 826 g/mol. The van der Waals surface area contributed by atoms with Crippen molar-refractivity contribution in [3.63, 3.8) is 0 Å². The molecule has 2 aliphatic heterocycles. The highest BCUT2D eigenvalue weighted by Gasteiger charge is 2.30. The second-order valence-corrected chi connectivity index (χ2v) is 15.8. The van der Waals surface area contributed by atoms with Gasteiger partial charge in [-0.05, 0) is 94.6 Å². The summed E-state index contributed by atoms with van der Waals surface area (Å²) in [4.78, 5) is 60.2. The van der Waals surface area contributed by atoms with E-state index in [1.165, 1.54) is 31.9 Å². The summed E-state index contributed by atoms with van der Waals surface area (Å²) in [6, 6.07) is 14.9. The molecule has 2 aliphatic rings. The molecule has 2 aromatic carbocycles. The summed E-state index contributed by atoms with van der Waals surface area (Å²) in [5, 5.41) is 32.7. The molecule has 0 spiro atoms. The molecule has 2 fully saturated rings. The van der Waals surface area contributed by atoms with Crippen LogP contribution in [0.4, 0.5) is 5.82 Å².